The summed E-state index contributed by atoms with van der Waals surface area (Å²) in [6.45, 7) is 5.84. The van der Waals surface area contributed by atoms with Gasteiger partial charge in [-0.3, -0.25) is 4.79 Å². The summed E-state index contributed by atoms with van der Waals surface area (Å²) in [6, 6.07) is 25.4. The van der Waals surface area contributed by atoms with Gasteiger partial charge in [-0.2, -0.15) is 0 Å². The zero-order valence-electron chi connectivity index (χ0n) is 22.1. The molecule has 2 fully saturated rings. The van der Waals surface area contributed by atoms with Crippen molar-refractivity contribution in [3.8, 4) is 0 Å². The third-order valence-corrected chi connectivity index (χ3v) is 7.75. The zero-order valence-corrected chi connectivity index (χ0v) is 22.1. The molecule has 1 amide bonds. The monoisotopic (exact) mass is 514 g/mol. The fraction of sp³-hybridized carbons (Fsp3) is 0.406. The van der Waals surface area contributed by atoms with Gasteiger partial charge in [-0.25, -0.2) is 0 Å². The number of carbonyl (C=O) groups is 1. The average Bonchev–Trinajstić information content (AvgIpc) is 2.98. The van der Waals surface area contributed by atoms with Crippen LogP contribution in [0.25, 0.3) is 0 Å². The Kier molecular flexibility index (Phi) is 8.86. The minimum absolute atomic E-state index is 0.0306. The van der Waals surface area contributed by atoms with Crippen molar-refractivity contribution in [2.45, 2.75) is 57.8 Å². The largest absolute Gasteiger partial charge is 0.392 e. The normalized spacial score (nSPS) is 24.2. The fourth-order valence-electron chi connectivity index (χ4n) is 5.39. The zero-order chi connectivity index (χ0) is 26.3. The van der Waals surface area contributed by atoms with Crippen molar-refractivity contribution < 1.29 is 19.4 Å². The summed E-state index contributed by atoms with van der Waals surface area (Å²) in [5.74, 6) is 0.0962. The molecule has 4 unspecified atom stereocenters. The van der Waals surface area contributed by atoms with E-state index >= 15 is 0 Å². The van der Waals surface area contributed by atoms with Gasteiger partial charge in [0.2, 0.25) is 0 Å². The van der Waals surface area contributed by atoms with Crippen LogP contribution in [-0.4, -0.2) is 41.7 Å². The maximum atomic E-state index is 12.4. The Bertz CT molecular complexity index is 1160. The summed E-state index contributed by atoms with van der Waals surface area (Å²) in [4.78, 5) is 14.9. The molecule has 0 saturated carbocycles. The second kappa shape index (κ2) is 12.7. The van der Waals surface area contributed by atoms with E-state index in [0.717, 1.165) is 41.9 Å². The standard InChI is InChI=1S/C32H38N2O4/c1-23-29(21-34-18-6-3-7-19-34)37-32(38-30(23)26-14-12-25(22-35)13-15-26)28-16-10-24(11-17-28)20-33-31(36)27-8-4-2-5-9-27/h2,4-5,8-17,23,29-30,32,35H,3,6-7,18-22H2,1H3,(H,33,36). The van der Waals surface area contributed by atoms with E-state index in [0.29, 0.717) is 12.1 Å². The van der Waals surface area contributed by atoms with E-state index in [-0.39, 0.29) is 30.6 Å². The lowest BCUT2D eigenvalue weighted by Crippen LogP contribution is -2.45. The molecule has 0 radical (unpaired) electrons. The molecule has 0 bridgehead atoms. The molecular formula is C32H38N2O4. The van der Waals surface area contributed by atoms with Crippen LogP contribution in [0.1, 0.15) is 71.2 Å². The van der Waals surface area contributed by atoms with E-state index in [1.165, 1.54) is 19.3 Å². The number of aliphatic hydroxyl groups excluding tert-OH is 1. The SMILES string of the molecule is CC1C(CN2CCCCC2)OC(c2ccc(CNC(=O)c3ccccc3)cc2)OC1c1ccc(CO)cc1. The predicted octanol–water partition coefficient (Wildman–Crippen LogP) is 5.39. The second-order valence-electron chi connectivity index (χ2n) is 10.5. The molecule has 38 heavy (non-hydrogen) atoms. The van der Waals surface area contributed by atoms with Crippen LogP contribution < -0.4 is 5.32 Å². The number of amides is 1. The van der Waals surface area contributed by atoms with Gasteiger partial charge in [0.05, 0.1) is 18.8 Å². The van der Waals surface area contributed by atoms with Crippen LogP contribution >= 0.6 is 0 Å². The van der Waals surface area contributed by atoms with Crippen LogP contribution in [0.2, 0.25) is 0 Å². The number of nitrogens with zero attached hydrogens (tertiary/aromatic N) is 1. The Hall–Kier alpha value is -3.03. The first-order chi connectivity index (χ1) is 18.6. The van der Waals surface area contributed by atoms with Gasteiger partial charge in [-0.05, 0) is 54.8 Å². The maximum Gasteiger partial charge on any atom is 0.251 e. The Morgan fingerprint density at radius 2 is 1.53 bits per heavy atom. The molecule has 2 saturated heterocycles. The number of rotatable bonds is 8. The van der Waals surface area contributed by atoms with E-state index in [1.807, 2.05) is 66.7 Å². The van der Waals surface area contributed by atoms with E-state index in [1.54, 1.807) is 0 Å². The number of benzene rings is 3. The minimum Gasteiger partial charge on any atom is -0.392 e. The molecule has 6 nitrogen and oxygen atoms in total. The van der Waals surface area contributed by atoms with E-state index in [2.05, 4.69) is 29.3 Å². The summed E-state index contributed by atoms with van der Waals surface area (Å²) in [5.41, 5.74) is 4.63. The number of hydrogen-bond donors (Lipinski definition) is 2. The molecule has 4 atom stereocenters. The van der Waals surface area contributed by atoms with Gasteiger partial charge >= 0.3 is 0 Å². The first-order valence-corrected chi connectivity index (χ1v) is 13.8. The maximum absolute atomic E-state index is 12.4. The first-order valence-electron chi connectivity index (χ1n) is 13.8. The smallest absolute Gasteiger partial charge is 0.251 e. The van der Waals surface area contributed by atoms with E-state index in [9.17, 15) is 9.90 Å². The highest BCUT2D eigenvalue weighted by Crippen LogP contribution is 2.42. The topological polar surface area (TPSA) is 71.0 Å². The molecule has 6 heteroatoms. The van der Waals surface area contributed by atoms with Crippen molar-refractivity contribution >= 4 is 5.91 Å². The lowest BCUT2D eigenvalue weighted by atomic mass is 9.89. The van der Waals surface area contributed by atoms with Crippen LogP contribution in [0.4, 0.5) is 0 Å². The molecule has 200 valence electrons. The number of aliphatic hydroxyl groups is 1. The molecule has 2 N–H and O–H groups in total. The van der Waals surface area contributed by atoms with Gasteiger partial charge in [0.1, 0.15) is 0 Å². The Balaban J connectivity index is 1.30. The van der Waals surface area contributed by atoms with Gasteiger partial charge in [0.25, 0.3) is 5.91 Å². The van der Waals surface area contributed by atoms with Gasteiger partial charge < -0.3 is 24.8 Å². The Morgan fingerprint density at radius 3 is 2.21 bits per heavy atom. The van der Waals surface area contributed by atoms with Crippen molar-refractivity contribution in [1.82, 2.24) is 10.2 Å². The first kappa shape index (κ1) is 26.6. The average molecular weight is 515 g/mol. The Labute approximate surface area is 225 Å². The third-order valence-electron chi connectivity index (χ3n) is 7.75. The van der Waals surface area contributed by atoms with Crippen LogP contribution in [0.15, 0.2) is 78.9 Å². The van der Waals surface area contributed by atoms with Gasteiger partial charge in [0, 0.05) is 30.1 Å². The number of hydrogen-bond acceptors (Lipinski definition) is 5. The summed E-state index contributed by atoms with van der Waals surface area (Å²) >= 11 is 0. The van der Waals surface area contributed by atoms with Crippen LogP contribution in [0.3, 0.4) is 0 Å². The lowest BCUT2D eigenvalue weighted by molar-refractivity contribution is -0.276. The van der Waals surface area contributed by atoms with Gasteiger partial charge in [-0.1, -0.05) is 80.1 Å². The van der Waals surface area contributed by atoms with Crippen LogP contribution in [-0.2, 0) is 22.6 Å². The number of nitrogens with one attached hydrogen (secondary N) is 1. The fourth-order valence-corrected chi connectivity index (χ4v) is 5.39. The summed E-state index contributed by atoms with van der Waals surface area (Å²) in [7, 11) is 0. The molecule has 0 aromatic heterocycles. The summed E-state index contributed by atoms with van der Waals surface area (Å²) < 4.78 is 13.2. The van der Waals surface area contributed by atoms with Crippen molar-refractivity contribution in [2.24, 2.45) is 5.92 Å². The van der Waals surface area contributed by atoms with Crippen molar-refractivity contribution in [1.29, 1.82) is 0 Å². The van der Waals surface area contributed by atoms with Gasteiger partial charge in [-0.15, -0.1) is 0 Å². The van der Waals surface area contributed by atoms with E-state index < -0.39 is 6.29 Å². The highest BCUT2D eigenvalue weighted by Gasteiger charge is 2.39. The van der Waals surface area contributed by atoms with Crippen LogP contribution in [0.5, 0.6) is 0 Å². The molecular weight excluding hydrogens is 476 g/mol. The number of likely N-dealkylation sites (tertiary alicyclic amines) is 1. The summed E-state index contributed by atoms with van der Waals surface area (Å²) in [5, 5.41) is 12.5. The summed E-state index contributed by atoms with van der Waals surface area (Å²) in [6.07, 6.45) is 3.25. The molecule has 5 rings (SSSR count). The molecule has 0 aliphatic carbocycles. The molecule has 3 aromatic rings. The van der Waals surface area contributed by atoms with Crippen LogP contribution in [0, 0.1) is 5.92 Å². The minimum atomic E-state index is -0.475. The number of ether oxygens (including phenoxy) is 2. The van der Waals surface area contributed by atoms with Gasteiger partial charge in [0.15, 0.2) is 6.29 Å². The highest BCUT2D eigenvalue weighted by atomic mass is 16.7. The molecule has 2 aliphatic heterocycles. The molecule has 2 aliphatic rings. The van der Waals surface area contributed by atoms with Crippen molar-refractivity contribution in [2.75, 3.05) is 19.6 Å². The second-order valence-corrected chi connectivity index (χ2v) is 10.5. The lowest BCUT2D eigenvalue weighted by Gasteiger charge is -2.43. The molecule has 0 spiro atoms. The predicted molar refractivity (Wildman–Crippen MR) is 147 cm³/mol. The highest BCUT2D eigenvalue weighted by molar-refractivity contribution is 5.94. The number of carbonyl (C=O) groups excluding carboxylic acids is 1. The molecule has 3 aromatic carbocycles. The number of piperidine rings is 1. The third kappa shape index (κ3) is 6.51. The van der Waals surface area contributed by atoms with Crippen molar-refractivity contribution in [3.05, 3.63) is 107 Å². The Morgan fingerprint density at radius 1 is 0.868 bits per heavy atom. The van der Waals surface area contributed by atoms with E-state index in [4.69, 9.17) is 9.47 Å². The molecule has 2 heterocycles. The van der Waals surface area contributed by atoms with Crippen molar-refractivity contribution in [3.63, 3.8) is 0 Å². The quantitative estimate of drug-likeness (QED) is 0.422.